The summed E-state index contributed by atoms with van der Waals surface area (Å²) in [7, 11) is 0. The molecule has 0 fully saturated rings. The maximum Gasteiger partial charge on any atom is 0.305 e. The SMILES string of the molecule is O=C(O)C[C@@H](Cc1ccc(-c2cccc(Cl)c2)cc1)NC(=O)CCc1nc2ccccc2[nH]1. The van der Waals surface area contributed by atoms with Crippen LogP contribution >= 0.6 is 11.6 Å². The monoisotopic (exact) mass is 461 g/mol. The lowest BCUT2D eigenvalue weighted by Crippen LogP contribution is -2.38. The van der Waals surface area contributed by atoms with E-state index in [1.54, 1.807) is 0 Å². The molecule has 1 aromatic heterocycles. The van der Waals surface area contributed by atoms with Gasteiger partial charge in [-0.05, 0) is 47.4 Å². The fourth-order valence-corrected chi connectivity index (χ4v) is 4.02. The molecule has 0 aliphatic heterocycles. The van der Waals surface area contributed by atoms with Gasteiger partial charge in [-0.25, -0.2) is 4.98 Å². The number of aryl methyl sites for hydroxylation is 1. The number of hydrogen-bond acceptors (Lipinski definition) is 3. The molecule has 33 heavy (non-hydrogen) atoms. The molecule has 6 nitrogen and oxygen atoms in total. The number of halogens is 1. The third-order valence-corrected chi connectivity index (χ3v) is 5.64. The number of aliphatic carboxylic acids is 1. The molecule has 0 unspecified atom stereocenters. The molecule has 0 saturated heterocycles. The lowest BCUT2D eigenvalue weighted by molar-refractivity contribution is -0.137. The van der Waals surface area contributed by atoms with E-state index in [0.29, 0.717) is 17.9 Å². The van der Waals surface area contributed by atoms with Crippen molar-refractivity contribution >= 4 is 34.5 Å². The van der Waals surface area contributed by atoms with Crippen molar-refractivity contribution in [2.24, 2.45) is 0 Å². The molecule has 0 aliphatic carbocycles. The van der Waals surface area contributed by atoms with E-state index in [9.17, 15) is 14.7 Å². The molecule has 0 aliphatic rings. The van der Waals surface area contributed by atoms with Crippen molar-refractivity contribution in [1.29, 1.82) is 0 Å². The molecule has 0 spiro atoms. The molecule has 168 valence electrons. The van der Waals surface area contributed by atoms with E-state index in [0.717, 1.165) is 33.5 Å². The van der Waals surface area contributed by atoms with Crippen LogP contribution < -0.4 is 5.32 Å². The lowest BCUT2D eigenvalue weighted by atomic mass is 9.99. The minimum atomic E-state index is -0.951. The molecule has 4 rings (SSSR count). The highest BCUT2D eigenvalue weighted by molar-refractivity contribution is 6.30. The van der Waals surface area contributed by atoms with Crippen LogP contribution in [0.3, 0.4) is 0 Å². The molecule has 7 heteroatoms. The highest BCUT2D eigenvalue weighted by Crippen LogP contribution is 2.23. The number of para-hydroxylation sites is 2. The number of fused-ring (bicyclic) bond motifs is 1. The van der Waals surface area contributed by atoms with Crippen molar-refractivity contribution in [3.8, 4) is 11.1 Å². The molecule has 0 saturated carbocycles. The second-order valence-corrected chi connectivity index (χ2v) is 8.41. The van der Waals surface area contributed by atoms with Gasteiger partial charge in [-0.1, -0.05) is 60.1 Å². The van der Waals surface area contributed by atoms with E-state index in [4.69, 9.17) is 11.6 Å². The molecule has 1 amide bonds. The quantitative estimate of drug-likeness (QED) is 0.326. The Morgan fingerprint density at radius 1 is 1.00 bits per heavy atom. The van der Waals surface area contributed by atoms with Gasteiger partial charge in [0.2, 0.25) is 5.91 Å². The summed E-state index contributed by atoms with van der Waals surface area (Å²) in [5.74, 6) is -0.414. The number of nitrogens with zero attached hydrogens (tertiary/aromatic N) is 1. The number of benzene rings is 3. The third-order valence-electron chi connectivity index (χ3n) is 5.41. The van der Waals surface area contributed by atoms with Crippen LogP contribution in [0.15, 0.2) is 72.8 Å². The van der Waals surface area contributed by atoms with Crippen LogP contribution in [0.4, 0.5) is 0 Å². The van der Waals surface area contributed by atoms with Crippen LogP contribution in [0.1, 0.15) is 24.2 Å². The van der Waals surface area contributed by atoms with Crippen LogP contribution in [0, 0.1) is 0 Å². The van der Waals surface area contributed by atoms with Gasteiger partial charge in [0.25, 0.3) is 0 Å². The number of carbonyl (C=O) groups excluding carboxylic acids is 1. The van der Waals surface area contributed by atoms with Crippen LogP contribution in [-0.2, 0) is 22.4 Å². The lowest BCUT2D eigenvalue weighted by Gasteiger charge is -2.17. The third kappa shape index (κ3) is 6.20. The summed E-state index contributed by atoms with van der Waals surface area (Å²) < 4.78 is 0. The van der Waals surface area contributed by atoms with Crippen LogP contribution in [0.2, 0.25) is 5.02 Å². The Morgan fingerprint density at radius 2 is 1.79 bits per heavy atom. The topological polar surface area (TPSA) is 95.1 Å². The average Bonchev–Trinajstić information content (AvgIpc) is 3.21. The first-order chi connectivity index (χ1) is 16.0. The first-order valence-electron chi connectivity index (χ1n) is 10.8. The summed E-state index contributed by atoms with van der Waals surface area (Å²) in [5.41, 5.74) is 4.77. The standard InChI is InChI=1S/C26H24ClN3O3/c27-20-5-3-4-19(15-20)18-10-8-17(9-11-18)14-21(16-26(32)33)28-25(31)13-12-24-29-22-6-1-2-7-23(22)30-24/h1-11,15,21H,12-14,16H2,(H,28,31)(H,29,30)(H,32,33)/t21-/m1/s1. The highest BCUT2D eigenvalue weighted by Gasteiger charge is 2.17. The van der Waals surface area contributed by atoms with Gasteiger partial charge in [0.1, 0.15) is 5.82 Å². The van der Waals surface area contributed by atoms with Gasteiger partial charge in [-0.15, -0.1) is 0 Å². The number of H-pyrrole nitrogens is 1. The molecular formula is C26H24ClN3O3. The number of rotatable bonds is 9. The number of aromatic amines is 1. The van der Waals surface area contributed by atoms with Gasteiger partial charge in [0.05, 0.1) is 17.5 Å². The van der Waals surface area contributed by atoms with Gasteiger partial charge in [-0.3, -0.25) is 9.59 Å². The molecule has 1 atom stereocenters. The Labute approximate surface area is 196 Å². The first kappa shape index (κ1) is 22.6. The fraction of sp³-hybridized carbons (Fsp3) is 0.192. The number of carboxylic acid groups (broad SMARTS) is 1. The van der Waals surface area contributed by atoms with Crippen molar-refractivity contribution < 1.29 is 14.7 Å². The van der Waals surface area contributed by atoms with Crippen LogP contribution in [0.5, 0.6) is 0 Å². The van der Waals surface area contributed by atoms with E-state index < -0.39 is 12.0 Å². The zero-order valence-corrected chi connectivity index (χ0v) is 18.7. The van der Waals surface area contributed by atoms with Crippen molar-refractivity contribution in [1.82, 2.24) is 15.3 Å². The molecule has 4 aromatic rings. The highest BCUT2D eigenvalue weighted by atomic mass is 35.5. The fourth-order valence-electron chi connectivity index (χ4n) is 3.83. The minimum absolute atomic E-state index is 0.146. The summed E-state index contributed by atoms with van der Waals surface area (Å²) in [5, 5.41) is 12.8. The molecule has 3 aromatic carbocycles. The largest absolute Gasteiger partial charge is 0.481 e. The zero-order chi connectivity index (χ0) is 23.2. The van der Waals surface area contributed by atoms with E-state index in [2.05, 4.69) is 15.3 Å². The number of amides is 1. The van der Waals surface area contributed by atoms with Crippen molar-refractivity contribution in [2.45, 2.75) is 31.7 Å². The number of carbonyl (C=O) groups is 2. The van der Waals surface area contributed by atoms with Crippen LogP contribution in [-0.4, -0.2) is 33.0 Å². The van der Waals surface area contributed by atoms with Gasteiger partial charge in [0, 0.05) is 23.9 Å². The summed E-state index contributed by atoms with van der Waals surface area (Å²) in [6.07, 6.45) is 0.962. The molecule has 0 radical (unpaired) electrons. The van der Waals surface area contributed by atoms with Gasteiger partial charge in [-0.2, -0.15) is 0 Å². The average molecular weight is 462 g/mol. The molecule has 0 bridgehead atoms. The Hall–Kier alpha value is -3.64. The van der Waals surface area contributed by atoms with Crippen LogP contribution in [0.25, 0.3) is 22.2 Å². The Morgan fingerprint density at radius 3 is 2.52 bits per heavy atom. The number of carboxylic acids is 1. The second kappa shape index (κ2) is 10.3. The Bertz CT molecular complexity index is 1230. The summed E-state index contributed by atoms with van der Waals surface area (Å²) in [4.78, 5) is 31.6. The number of hydrogen-bond donors (Lipinski definition) is 3. The summed E-state index contributed by atoms with van der Waals surface area (Å²) in [6, 6.07) is 22.6. The molecule has 1 heterocycles. The molecule has 3 N–H and O–H groups in total. The predicted molar refractivity (Wildman–Crippen MR) is 129 cm³/mol. The normalized spacial score (nSPS) is 11.9. The minimum Gasteiger partial charge on any atom is -0.481 e. The Kier molecular flexibility index (Phi) is 7.05. The first-order valence-corrected chi connectivity index (χ1v) is 11.1. The number of aromatic nitrogens is 2. The smallest absolute Gasteiger partial charge is 0.305 e. The van der Waals surface area contributed by atoms with Crippen molar-refractivity contribution in [3.63, 3.8) is 0 Å². The van der Waals surface area contributed by atoms with E-state index in [-0.39, 0.29) is 18.7 Å². The van der Waals surface area contributed by atoms with E-state index in [1.807, 2.05) is 72.8 Å². The van der Waals surface area contributed by atoms with Gasteiger partial charge in [0.15, 0.2) is 0 Å². The second-order valence-electron chi connectivity index (χ2n) is 7.97. The summed E-state index contributed by atoms with van der Waals surface area (Å²) in [6.45, 7) is 0. The summed E-state index contributed by atoms with van der Waals surface area (Å²) >= 11 is 6.08. The maximum atomic E-state index is 12.5. The van der Waals surface area contributed by atoms with Gasteiger partial charge < -0.3 is 15.4 Å². The zero-order valence-electron chi connectivity index (χ0n) is 17.9. The maximum absolute atomic E-state index is 12.5. The number of nitrogens with one attached hydrogen (secondary N) is 2. The van der Waals surface area contributed by atoms with E-state index in [1.165, 1.54) is 0 Å². The predicted octanol–water partition coefficient (Wildman–Crippen LogP) is 5.02. The van der Waals surface area contributed by atoms with Crippen molar-refractivity contribution in [3.05, 3.63) is 89.2 Å². The van der Waals surface area contributed by atoms with Crippen molar-refractivity contribution in [2.75, 3.05) is 0 Å². The Balaban J connectivity index is 1.37. The van der Waals surface area contributed by atoms with Gasteiger partial charge >= 0.3 is 5.97 Å². The van der Waals surface area contributed by atoms with E-state index >= 15 is 0 Å². The molecular weight excluding hydrogens is 438 g/mol. The number of imidazole rings is 1.